The summed E-state index contributed by atoms with van der Waals surface area (Å²) in [5, 5.41) is 9.48. The van der Waals surface area contributed by atoms with Gasteiger partial charge in [-0.25, -0.2) is 4.79 Å². The summed E-state index contributed by atoms with van der Waals surface area (Å²) in [7, 11) is 0. The van der Waals surface area contributed by atoms with E-state index in [4.69, 9.17) is 9.47 Å². The van der Waals surface area contributed by atoms with Gasteiger partial charge in [-0.1, -0.05) is 6.58 Å². The lowest BCUT2D eigenvalue weighted by Gasteiger charge is -2.63. The second kappa shape index (κ2) is 7.37. The Morgan fingerprint density at radius 2 is 1.52 bits per heavy atom. The molecule has 0 spiro atoms. The number of rotatable bonds is 6. The van der Waals surface area contributed by atoms with Crippen molar-refractivity contribution in [1.82, 2.24) is 0 Å². The molecule has 4 bridgehead atoms. The number of carbonyl (C=O) groups excluding carboxylic acids is 1. The van der Waals surface area contributed by atoms with Crippen molar-refractivity contribution in [1.29, 1.82) is 0 Å². The fourth-order valence-corrected chi connectivity index (χ4v) is 5.89. The van der Waals surface area contributed by atoms with Gasteiger partial charge in [-0.2, -0.15) is 26.3 Å². The lowest BCUT2D eigenvalue weighted by Crippen LogP contribution is -2.64. The molecule has 4 aliphatic rings. The monoisotopic (exact) mass is 458 g/mol. The molecule has 4 nitrogen and oxygen atoms in total. The molecule has 0 aliphatic heterocycles. The Morgan fingerprint density at radius 1 is 1.03 bits per heavy atom. The van der Waals surface area contributed by atoms with Crippen LogP contribution in [-0.2, 0) is 14.3 Å². The third-order valence-corrected chi connectivity index (χ3v) is 7.64. The number of halogens is 6. The van der Waals surface area contributed by atoms with Crippen LogP contribution in [0.1, 0.15) is 52.9 Å². The maximum Gasteiger partial charge on any atom is 0.428 e. The predicted molar refractivity (Wildman–Crippen MR) is 97.8 cm³/mol. The molecule has 178 valence electrons. The molecular weight excluding hydrogens is 430 g/mol. The number of alkyl halides is 6. The van der Waals surface area contributed by atoms with Gasteiger partial charge in [-0.05, 0) is 76.0 Å². The Bertz CT molecular complexity index is 711. The van der Waals surface area contributed by atoms with Crippen molar-refractivity contribution in [2.45, 2.75) is 82.5 Å². The Hall–Kier alpha value is -1.29. The van der Waals surface area contributed by atoms with E-state index < -0.39 is 41.5 Å². The Kier molecular flexibility index (Phi) is 5.79. The van der Waals surface area contributed by atoms with Crippen LogP contribution in [0.25, 0.3) is 0 Å². The van der Waals surface area contributed by atoms with Crippen molar-refractivity contribution >= 4 is 5.97 Å². The summed E-state index contributed by atoms with van der Waals surface area (Å²) in [5.41, 5.74) is -6.69. The first-order chi connectivity index (χ1) is 13.9. The highest BCUT2D eigenvalue weighted by Crippen LogP contribution is 2.65. The Labute approximate surface area is 177 Å². The topological polar surface area (TPSA) is 55.8 Å². The molecule has 2 unspecified atom stereocenters. The molecule has 10 heteroatoms. The normalized spacial score (nSPS) is 33.5. The molecule has 0 saturated heterocycles. The quantitative estimate of drug-likeness (QED) is 0.348. The van der Waals surface area contributed by atoms with Crippen molar-refractivity contribution in [2.24, 2.45) is 23.2 Å². The summed E-state index contributed by atoms with van der Waals surface area (Å²) in [5.74, 6) is -0.338. The highest BCUT2D eigenvalue weighted by Gasteiger charge is 2.71. The maximum absolute atomic E-state index is 13.1. The highest BCUT2D eigenvalue weighted by atomic mass is 19.4. The predicted octanol–water partition coefficient (Wildman–Crippen LogP) is 4.95. The van der Waals surface area contributed by atoms with E-state index in [1.165, 1.54) is 13.8 Å². The SMILES string of the molecule is C=C(C)C(=O)OC1C2CC3CC1CC(C(C)(C)OCC(O)(C(F)(F)F)C(F)(F)F)(C3)C2. The van der Waals surface area contributed by atoms with Gasteiger partial charge in [0.1, 0.15) is 6.10 Å². The molecule has 0 heterocycles. The van der Waals surface area contributed by atoms with Gasteiger partial charge < -0.3 is 14.6 Å². The van der Waals surface area contributed by atoms with E-state index in [9.17, 15) is 36.2 Å². The van der Waals surface area contributed by atoms with Crippen LogP contribution in [0.2, 0.25) is 0 Å². The second-order valence-electron chi connectivity index (χ2n) is 10.1. The van der Waals surface area contributed by atoms with Gasteiger partial charge in [0.15, 0.2) is 0 Å². The average Bonchev–Trinajstić information content (AvgIpc) is 2.59. The summed E-state index contributed by atoms with van der Waals surface area (Å²) in [6, 6.07) is 0. The molecule has 0 radical (unpaired) electrons. The van der Waals surface area contributed by atoms with Crippen LogP contribution in [0, 0.1) is 23.2 Å². The zero-order valence-electron chi connectivity index (χ0n) is 17.7. The van der Waals surface area contributed by atoms with Gasteiger partial charge in [-0.15, -0.1) is 0 Å². The van der Waals surface area contributed by atoms with Gasteiger partial charge in [-0.3, -0.25) is 0 Å². The van der Waals surface area contributed by atoms with E-state index in [1.54, 1.807) is 6.92 Å². The van der Waals surface area contributed by atoms with E-state index in [-0.39, 0.29) is 29.4 Å². The summed E-state index contributed by atoms with van der Waals surface area (Å²) in [4.78, 5) is 12.0. The van der Waals surface area contributed by atoms with Crippen LogP contribution in [0.15, 0.2) is 12.2 Å². The molecule has 1 N–H and O–H groups in total. The molecule has 0 aromatic rings. The van der Waals surface area contributed by atoms with E-state index in [1.807, 2.05) is 0 Å². The van der Waals surface area contributed by atoms with Gasteiger partial charge in [0, 0.05) is 5.57 Å². The van der Waals surface area contributed by atoms with Crippen LogP contribution >= 0.6 is 0 Å². The molecule has 4 saturated carbocycles. The third kappa shape index (κ3) is 3.98. The number of hydrogen-bond donors (Lipinski definition) is 1. The number of ether oxygens (including phenoxy) is 2. The summed E-state index contributed by atoms with van der Waals surface area (Å²) >= 11 is 0. The standard InChI is InChI=1S/C21H28F6O4/c1-11(2)16(28)31-15-13-5-12-6-14(15)9-18(7-12,8-13)17(3,4)30-10-19(29,20(22,23)24)21(25,26)27/h12-15,29H,1,5-10H2,2-4H3. The molecule has 4 rings (SSSR count). The largest absolute Gasteiger partial charge is 0.458 e. The molecule has 4 fully saturated rings. The third-order valence-electron chi connectivity index (χ3n) is 7.64. The summed E-state index contributed by atoms with van der Waals surface area (Å²) < 4.78 is 89.3. The number of aliphatic hydroxyl groups is 1. The van der Waals surface area contributed by atoms with Crippen molar-refractivity contribution in [3.8, 4) is 0 Å². The molecule has 0 amide bonds. The summed E-state index contributed by atoms with van der Waals surface area (Å²) in [6.45, 7) is 6.17. The van der Waals surface area contributed by atoms with Gasteiger partial charge in [0.25, 0.3) is 5.60 Å². The second-order valence-corrected chi connectivity index (χ2v) is 10.1. The number of hydrogen-bond acceptors (Lipinski definition) is 4. The molecule has 4 aliphatic carbocycles. The average molecular weight is 458 g/mol. The van der Waals surface area contributed by atoms with Crippen LogP contribution < -0.4 is 0 Å². The first kappa shape index (κ1) is 24.4. The molecule has 31 heavy (non-hydrogen) atoms. The van der Waals surface area contributed by atoms with Crippen molar-refractivity contribution in [2.75, 3.05) is 6.61 Å². The lowest BCUT2D eigenvalue weighted by molar-refractivity contribution is -0.386. The number of esters is 1. The van der Waals surface area contributed by atoms with E-state index >= 15 is 0 Å². The fourth-order valence-electron chi connectivity index (χ4n) is 5.89. The van der Waals surface area contributed by atoms with E-state index in [0.717, 1.165) is 12.8 Å². The highest BCUT2D eigenvalue weighted by molar-refractivity contribution is 5.87. The number of carbonyl (C=O) groups is 1. The summed E-state index contributed by atoms with van der Waals surface area (Å²) in [6.07, 6.45) is -9.06. The molecule has 0 aromatic carbocycles. The van der Waals surface area contributed by atoms with Crippen LogP contribution in [0.5, 0.6) is 0 Å². The van der Waals surface area contributed by atoms with Crippen molar-refractivity contribution < 1.29 is 45.7 Å². The van der Waals surface area contributed by atoms with Crippen LogP contribution in [0.4, 0.5) is 26.3 Å². The molecule has 2 atom stereocenters. The minimum atomic E-state index is -5.93. The van der Waals surface area contributed by atoms with Crippen molar-refractivity contribution in [3.05, 3.63) is 12.2 Å². The van der Waals surface area contributed by atoms with Crippen LogP contribution in [0.3, 0.4) is 0 Å². The minimum Gasteiger partial charge on any atom is -0.458 e. The fraction of sp³-hybridized carbons (Fsp3) is 0.857. The van der Waals surface area contributed by atoms with E-state index in [0.29, 0.717) is 19.3 Å². The Morgan fingerprint density at radius 3 is 1.94 bits per heavy atom. The lowest BCUT2D eigenvalue weighted by atomic mass is 9.45. The van der Waals surface area contributed by atoms with Gasteiger partial charge in [0.05, 0.1) is 12.2 Å². The molecule has 0 aromatic heterocycles. The van der Waals surface area contributed by atoms with Crippen LogP contribution in [-0.4, -0.2) is 47.3 Å². The smallest absolute Gasteiger partial charge is 0.428 e. The minimum absolute atomic E-state index is 0.0402. The zero-order valence-corrected chi connectivity index (χ0v) is 17.7. The van der Waals surface area contributed by atoms with E-state index in [2.05, 4.69) is 6.58 Å². The van der Waals surface area contributed by atoms with Gasteiger partial charge >= 0.3 is 18.3 Å². The maximum atomic E-state index is 13.1. The first-order valence-electron chi connectivity index (χ1n) is 10.3. The van der Waals surface area contributed by atoms with Gasteiger partial charge in [0.2, 0.25) is 0 Å². The Balaban J connectivity index is 1.80. The zero-order chi connectivity index (χ0) is 23.6. The first-order valence-corrected chi connectivity index (χ1v) is 10.3. The van der Waals surface area contributed by atoms with Crippen molar-refractivity contribution in [3.63, 3.8) is 0 Å². The molecular formula is C21H28F6O4.